The summed E-state index contributed by atoms with van der Waals surface area (Å²) in [6.45, 7) is 2.46. The maximum atomic E-state index is 13.0. The zero-order chi connectivity index (χ0) is 27.3. The summed E-state index contributed by atoms with van der Waals surface area (Å²) in [5.41, 5.74) is 3.13. The SMILES string of the molecule is Cc1ccc(-c2noc(C3CN(S(=O)(=O)C4CCN(C(=O)O)C4)C3)n2)cc1NC(=O)c1cnc2ccccn12. The average molecular weight is 552 g/mol. The maximum absolute atomic E-state index is 13.0. The number of sulfonamides is 1. The van der Waals surface area contributed by atoms with Crippen molar-refractivity contribution in [3.8, 4) is 11.4 Å². The van der Waals surface area contributed by atoms with Crippen molar-refractivity contribution in [2.45, 2.75) is 24.5 Å². The number of carbonyl (C=O) groups excluding carboxylic acids is 1. The van der Waals surface area contributed by atoms with Crippen LogP contribution in [-0.2, 0) is 10.0 Å². The number of carboxylic acid groups (broad SMARTS) is 1. The fourth-order valence-corrected chi connectivity index (χ4v) is 6.83. The highest BCUT2D eigenvalue weighted by molar-refractivity contribution is 7.89. The third-order valence-electron chi connectivity index (χ3n) is 7.23. The molecule has 5 heterocycles. The summed E-state index contributed by atoms with van der Waals surface area (Å²) >= 11 is 0. The van der Waals surface area contributed by atoms with Crippen LogP contribution in [0.15, 0.2) is 53.3 Å². The van der Waals surface area contributed by atoms with Gasteiger partial charge in [0.05, 0.1) is 17.4 Å². The van der Waals surface area contributed by atoms with Gasteiger partial charge in [0.2, 0.25) is 21.7 Å². The van der Waals surface area contributed by atoms with Gasteiger partial charge in [0.15, 0.2) is 0 Å². The number of carbonyl (C=O) groups is 2. The molecule has 0 bridgehead atoms. The lowest BCUT2D eigenvalue weighted by molar-refractivity contribution is 0.102. The standard InChI is InChI=1S/C25H25N7O6S/c1-15-5-6-16(10-19(15)27-23(33)20-11-26-21-4-2-3-8-32(20)21)22-28-24(38-29-22)17-12-31(13-17)39(36,37)18-7-9-30(14-18)25(34)35/h2-6,8,10-11,17-18H,7,9,12-14H2,1H3,(H,27,33)(H,34,35). The number of hydrogen-bond donors (Lipinski definition) is 2. The van der Waals surface area contributed by atoms with Crippen LogP contribution in [-0.4, -0.2) is 85.7 Å². The Balaban J connectivity index is 1.13. The lowest BCUT2D eigenvalue weighted by Crippen LogP contribution is -2.52. The zero-order valence-corrected chi connectivity index (χ0v) is 21.7. The number of amides is 2. The molecule has 202 valence electrons. The van der Waals surface area contributed by atoms with Gasteiger partial charge < -0.3 is 19.8 Å². The molecule has 3 aromatic heterocycles. The van der Waals surface area contributed by atoms with Gasteiger partial charge in [-0.15, -0.1) is 0 Å². The summed E-state index contributed by atoms with van der Waals surface area (Å²) in [6, 6.07) is 10.9. The topological polar surface area (TPSA) is 163 Å². The molecule has 0 saturated carbocycles. The Bertz CT molecular complexity index is 1690. The van der Waals surface area contributed by atoms with Crippen LogP contribution in [0.5, 0.6) is 0 Å². The minimum absolute atomic E-state index is 0.0207. The molecule has 1 unspecified atom stereocenters. The summed E-state index contributed by atoms with van der Waals surface area (Å²) in [5.74, 6) is 0.0847. The molecule has 2 N–H and O–H groups in total. The molecule has 0 aliphatic carbocycles. The fourth-order valence-electron chi connectivity index (χ4n) is 4.86. The predicted molar refractivity (Wildman–Crippen MR) is 139 cm³/mol. The van der Waals surface area contributed by atoms with Gasteiger partial charge in [-0.2, -0.15) is 9.29 Å². The summed E-state index contributed by atoms with van der Waals surface area (Å²) in [6.07, 6.45) is 2.46. The van der Waals surface area contributed by atoms with Crippen LogP contribution in [0.3, 0.4) is 0 Å². The molecule has 4 aromatic rings. The number of likely N-dealkylation sites (tertiary alicyclic amines) is 1. The summed E-state index contributed by atoms with van der Waals surface area (Å²) in [7, 11) is -3.62. The van der Waals surface area contributed by atoms with Gasteiger partial charge in [-0.1, -0.05) is 23.4 Å². The molecule has 2 saturated heterocycles. The van der Waals surface area contributed by atoms with Crippen LogP contribution in [0, 0.1) is 6.92 Å². The van der Waals surface area contributed by atoms with Gasteiger partial charge in [-0.3, -0.25) is 9.20 Å². The molecule has 1 aromatic carbocycles. The summed E-state index contributed by atoms with van der Waals surface area (Å²) < 4.78 is 34.3. The highest BCUT2D eigenvalue weighted by Crippen LogP contribution is 2.33. The number of rotatable bonds is 6. The maximum Gasteiger partial charge on any atom is 0.407 e. The van der Waals surface area contributed by atoms with Crippen molar-refractivity contribution in [1.82, 2.24) is 28.7 Å². The normalized spacial score (nSPS) is 18.4. The van der Waals surface area contributed by atoms with Crippen molar-refractivity contribution in [2.75, 3.05) is 31.5 Å². The number of aromatic nitrogens is 4. The monoisotopic (exact) mass is 551 g/mol. The average Bonchev–Trinajstić information content (AvgIpc) is 3.64. The molecule has 2 fully saturated rings. The number of fused-ring (bicyclic) bond motifs is 1. The Labute approximate surface area is 223 Å². The van der Waals surface area contributed by atoms with Crippen molar-refractivity contribution < 1.29 is 27.6 Å². The second-order valence-corrected chi connectivity index (χ2v) is 11.9. The van der Waals surface area contributed by atoms with E-state index in [1.54, 1.807) is 16.7 Å². The van der Waals surface area contributed by atoms with Crippen LogP contribution in [0.4, 0.5) is 10.5 Å². The highest BCUT2D eigenvalue weighted by Gasteiger charge is 2.45. The summed E-state index contributed by atoms with van der Waals surface area (Å²) in [5, 5.41) is 15.4. The number of anilines is 1. The van der Waals surface area contributed by atoms with E-state index in [4.69, 9.17) is 9.63 Å². The lowest BCUT2D eigenvalue weighted by atomic mass is 10.0. The van der Waals surface area contributed by atoms with E-state index in [-0.39, 0.29) is 44.4 Å². The molecule has 2 amide bonds. The van der Waals surface area contributed by atoms with Crippen LogP contribution >= 0.6 is 0 Å². The predicted octanol–water partition coefficient (Wildman–Crippen LogP) is 2.43. The second kappa shape index (κ2) is 9.47. The molecule has 14 heteroatoms. The van der Waals surface area contributed by atoms with Gasteiger partial charge in [0.1, 0.15) is 11.3 Å². The van der Waals surface area contributed by atoms with Gasteiger partial charge in [0, 0.05) is 43.6 Å². The number of hydrogen-bond acceptors (Lipinski definition) is 8. The Morgan fingerprint density at radius 3 is 2.74 bits per heavy atom. The zero-order valence-electron chi connectivity index (χ0n) is 20.9. The van der Waals surface area contributed by atoms with Gasteiger partial charge in [0.25, 0.3) is 5.91 Å². The quantitative estimate of drug-likeness (QED) is 0.366. The second-order valence-electron chi connectivity index (χ2n) is 9.71. The van der Waals surface area contributed by atoms with E-state index in [0.717, 1.165) is 10.5 Å². The van der Waals surface area contributed by atoms with E-state index < -0.39 is 21.4 Å². The molecule has 6 rings (SSSR count). The largest absolute Gasteiger partial charge is 0.465 e. The van der Waals surface area contributed by atoms with Crippen molar-refractivity contribution >= 4 is 33.4 Å². The summed E-state index contributed by atoms with van der Waals surface area (Å²) in [4.78, 5) is 34.0. The molecule has 0 radical (unpaired) electrons. The number of benzene rings is 1. The molecule has 13 nitrogen and oxygen atoms in total. The first-order valence-electron chi connectivity index (χ1n) is 12.4. The Kier molecular flexibility index (Phi) is 6.07. The Morgan fingerprint density at radius 2 is 1.97 bits per heavy atom. The van der Waals surface area contributed by atoms with Crippen molar-refractivity contribution in [3.05, 3.63) is 65.9 Å². The highest BCUT2D eigenvalue weighted by atomic mass is 32.2. The molecule has 39 heavy (non-hydrogen) atoms. The number of pyridine rings is 1. The third kappa shape index (κ3) is 4.51. The van der Waals surface area contributed by atoms with Gasteiger partial charge in [-0.25, -0.2) is 18.2 Å². The smallest absolute Gasteiger partial charge is 0.407 e. The number of imidazole rings is 1. The minimum Gasteiger partial charge on any atom is -0.465 e. The van der Waals surface area contributed by atoms with E-state index >= 15 is 0 Å². The van der Waals surface area contributed by atoms with Crippen LogP contribution in [0.2, 0.25) is 0 Å². The number of nitrogens with one attached hydrogen (secondary N) is 1. The molecule has 2 aliphatic heterocycles. The van der Waals surface area contributed by atoms with Crippen molar-refractivity contribution in [2.24, 2.45) is 0 Å². The van der Waals surface area contributed by atoms with E-state index in [9.17, 15) is 18.0 Å². The number of aryl methyl sites for hydroxylation is 1. The van der Waals surface area contributed by atoms with Gasteiger partial charge in [-0.05, 0) is 37.1 Å². The Morgan fingerprint density at radius 1 is 1.15 bits per heavy atom. The van der Waals surface area contributed by atoms with E-state index in [0.29, 0.717) is 34.3 Å². The first-order chi connectivity index (χ1) is 18.7. The van der Waals surface area contributed by atoms with Gasteiger partial charge >= 0.3 is 6.09 Å². The first-order valence-corrected chi connectivity index (χ1v) is 13.9. The molecule has 2 aliphatic rings. The molecular weight excluding hydrogens is 526 g/mol. The van der Waals surface area contributed by atoms with Crippen LogP contribution in [0.1, 0.15) is 34.3 Å². The molecule has 0 spiro atoms. The lowest BCUT2D eigenvalue weighted by Gasteiger charge is -2.37. The van der Waals surface area contributed by atoms with Crippen LogP contribution < -0.4 is 5.32 Å². The van der Waals surface area contributed by atoms with Crippen molar-refractivity contribution in [3.63, 3.8) is 0 Å². The van der Waals surface area contributed by atoms with Crippen molar-refractivity contribution in [1.29, 1.82) is 0 Å². The van der Waals surface area contributed by atoms with Crippen LogP contribution in [0.25, 0.3) is 17.0 Å². The molecular formula is C25H25N7O6S. The van der Waals surface area contributed by atoms with E-state index in [1.165, 1.54) is 10.5 Å². The fraction of sp³-hybridized carbons (Fsp3) is 0.320. The third-order valence-corrected chi connectivity index (χ3v) is 9.47. The molecule has 1 atom stereocenters. The Hall–Kier alpha value is -4.30. The van der Waals surface area contributed by atoms with E-state index in [2.05, 4.69) is 20.4 Å². The number of nitrogens with zero attached hydrogens (tertiary/aromatic N) is 6. The van der Waals surface area contributed by atoms with E-state index in [1.807, 2.05) is 37.3 Å². The minimum atomic E-state index is -3.62. The first kappa shape index (κ1) is 25.0.